The van der Waals surface area contributed by atoms with Gasteiger partial charge in [-0.25, -0.2) is 5.43 Å². The Labute approximate surface area is 242 Å². The van der Waals surface area contributed by atoms with E-state index in [1.807, 2.05) is 64.1 Å². The lowest BCUT2D eigenvalue weighted by Crippen LogP contribution is -2.58. The highest BCUT2D eigenvalue weighted by Crippen LogP contribution is 2.30. The minimum absolute atomic E-state index is 0.0856. The first-order valence-electron chi connectivity index (χ1n) is 14.4. The molecule has 2 N–H and O–H groups in total. The molecule has 1 aromatic heterocycles. The van der Waals surface area contributed by atoms with E-state index >= 15 is 0 Å². The highest BCUT2D eigenvalue weighted by molar-refractivity contribution is 5.92. The number of cyclic esters (lactones) is 1. The molecule has 2 aliphatic heterocycles. The van der Waals surface area contributed by atoms with Crippen LogP contribution >= 0.6 is 0 Å². The Hall–Kier alpha value is -3.59. The fraction of sp³-hybridized carbons (Fsp3) is 0.531. The van der Waals surface area contributed by atoms with Gasteiger partial charge in [0.1, 0.15) is 6.04 Å². The molecule has 0 saturated carbocycles. The van der Waals surface area contributed by atoms with Gasteiger partial charge in [0, 0.05) is 29.7 Å². The van der Waals surface area contributed by atoms with Gasteiger partial charge in [-0.15, -0.1) is 0 Å². The van der Waals surface area contributed by atoms with E-state index in [4.69, 9.17) is 9.72 Å². The Morgan fingerprint density at radius 3 is 2.46 bits per heavy atom. The number of ether oxygens (including phenoxy) is 1. The van der Waals surface area contributed by atoms with Gasteiger partial charge in [0.15, 0.2) is 11.9 Å². The molecule has 9 heteroatoms. The first kappa shape index (κ1) is 30.4. The zero-order valence-corrected chi connectivity index (χ0v) is 25.1. The van der Waals surface area contributed by atoms with Gasteiger partial charge in [0.05, 0.1) is 22.7 Å². The molecule has 5 bridgehead atoms. The van der Waals surface area contributed by atoms with E-state index in [9.17, 15) is 19.2 Å². The molecule has 0 aliphatic carbocycles. The summed E-state index contributed by atoms with van der Waals surface area (Å²) >= 11 is 0. The van der Waals surface area contributed by atoms with Crippen molar-refractivity contribution in [2.45, 2.75) is 85.9 Å². The van der Waals surface area contributed by atoms with Gasteiger partial charge in [-0.05, 0) is 51.3 Å². The lowest BCUT2D eigenvalue weighted by molar-refractivity contribution is -0.168. The third-order valence-corrected chi connectivity index (χ3v) is 7.76. The predicted octanol–water partition coefficient (Wildman–Crippen LogP) is 4.51. The van der Waals surface area contributed by atoms with Crippen LogP contribution in [0, 0.1) is 16.7 Å². The maximum absolute atomic E-state index is 13.5. The van der Waals surface area contributed by atoms with Crippen molar-refractivity contribution < 1.29 is 23.9 Å². The second-order valence-electron chi connectivity index (χ2n) is 13.0. The summed E-state index contributed by atoms with van der Waals surface area (Å²) < 4.78 is 5.87. The van der Waals surface area contributed by atoms with E-state index in [0.29, 0.717) is 25.1 Å². The molecule has 1 saturated heterocycles. The molecular formula is C32H42N4O5. The van der Waals surface area contributed by atoms with Crippen LogP contribution in [0.1, 0.15) is 85.0 Å². The van der Waals surface area contributed by atoms with Crippen LogP contribution in [-0.2, 0) is 23.9 Å². The Kier molecular flexibility index (Phi) is 8.68. The SMILES string of the molecule is C[C@@H]1CC(=O)[C@H](C(C)(C)C)OC(=O)C(C)(C)/C=C/c2ccc3ccc(nc3c2)[C@@H](C)NC(=O)[C@@H]2CCCN(N2)C1=O. The third kappa shape index (κ3) is 7.01. The number of pyridine rings is 1. The van der Waals surface area contributed by atoms with Gasteiger partial charge in [-0.3, -0.25) is 29.2 Å². The zero-order chi connectivity index (χ0) is 30.1. The van der Waals surface area contributed by atoms with Crippen molar-refractivity contribution in [1.29, 1.82) is 0 Å². The Bertz CT molecular complexity index is 1380. The average Bonchev–Trinajstić information content (AvgIpc) is 2.92. The molecule has 220 valence electrons. The first-order valence-corrected chi connectivity index (χ1v) is 14.4. The number of fused-ring (bicyclic) bond motifs is 4. The number of hydrazine groups is 1. The molecule has 0 radical (unpaired) electrons. The monoisotopic (exact) mass is 562 g/mol. The minimum Gasteiger partial charge on any atom is -0.453 e. The van der Waals surface area contributed by atoms with E-state index in [1.165, 1.54) is 5.01 Å². The van der Waals surface area contributed by atoms with E-state index in [2.05, 4.69) is 10.7 Å². The number of amides is 2. The third-order valence-electron chi connectivity index (χ3n) is 7.76. The second-order valence-corrected chi connectivity index (χ2v) is 13.0. The summed E-state index contributed by atoms with van der Waals surface area (Å²) in [5.41, 5.74) is 3.71. The number of rotatable bonds is 0. The highest BCUT2D eigenvalue weighted by Gasteiger charge is 2.40. The molecule has 0 spiro atoms. The summed E-state index contributed by atoms with van der Waals surface area (Å²) in [6.45, 7) is 13.0. The average molecular weight is 563 g/mol. The quantitative estimate of drug-likeness (QED) is 0.454. The molecule has 2 aliphatic rings. The van der Waals surface area contributed by atoms with Gasteiger partial charge in [0.2, 0.25) is 11.8 Å². The molecule has 9 nitrogen and oxygen atoms in total. The zero-order valence-electron chi connectivity index (χ0n) is 25.1. The summed E-state index contributed by atoms with van der Waals surface area (Å²) in [5, 5.41) is 5.43. The summed E-state index contributed by atoms with van der Waals surface area (Å²) in [5.74, 6) is -1.99. The van der Waals surface area contributed by atoms with Gasteiger partial charge in [-0.1, -0.05) is 58.0 Å². The lowest BCUT2D eigenvalue weighted by Gasteiger charge is -2.36. The van der Waals surface area contributed by atoms with Crippen LogP contribution in [0.5, 0.6) is 0 Å². The Morgan fingerprint density at radius 1 is 1.05 bits per heavy atom. The summed E-state index contributed by atoms with van der Waals surface area (Å²) in [6.07, 6.45) is 3.72. The number of esters is 1. The molecule has 2 amide bonds. The molecule has 1 fully saturated rings. The minimum atomic E-state index is -1.02. The van der Waals surface area contributed by atoms with Crippen LogP contribution in [-0.4, -0.2) is 52.3 Å². The predicted molar refractivity (Wildman–Crippen MR) is 157 cm³/mol. The van der Waals surface area contributed by atoms with Crippen LogP contribution in [0.4, 0.5) is 0 Å². The number of aromatic nitrogens is 1. The molecule has 1 aromatic carbocycles. The fourth-order valence-corrected chi connectivity index (χ4v) is 5.14. The van der Waals surface area contributed by atoms with Crippen molar-refractivity contribution in [3.05, 3.63) is 47.7 Å². The Balaban J connectivity index is 1.72. The molecule has 41 heavy (non-hydrogen) atoms. The molecule has 4 atom stereocenters. The maximum Gasteiger partial charge on any atom is 0.316 e. The fourth-order valence-electron chi connectivity index (χ4n) is 5.14. The number of nitrogens with zero attached hydrogens (tertiary/aromatic N) is 2. The smallest absolute Gasteiger partial charge is 0.316 e. The van der Waals surface area contributed by atoms with Crippen molar-refractivity contribution in [2.24, 2.45) is 16.7 Å². The van der Waals surface area contributed by atoms with Crippen molar-refractivity contribution in [2.75, 3.05) is 6.54 Å². The lowest BCUT2D eigenvalue weighted by atomic mass is 9.83. The molecule has 0 unspecified atom stereocenters. The molecular weight excluding hydrogens is 520 g/mol. The molecule has 3 heterocycles. The normalized spacial score (nSPS) is 27.3. The van der Waals surface area contributed by atoms with Gasteiger partial charge < -0.3 is 10.1 Å². The van der Waals surface area contributed by atoms with E-state index in [0.717, 1.165) is 16.5 Å². The van der Waals surface area contributed by atoms with Gasteiger partial charge >= 0.3 is 5.97 Å². The van der Waals surface area contributed by atoms with Gasteiger partial charge in [-0.2, -0.15) is 0 Å². The van der Waals surface area contributed by atoms with Crippen LogP contribution in [0.2, 0.25) is 0 Å². The first-order chi connectivity index (χ1) is 19.2. The van der Waals surface area contributed by atoms with Crippen LogP contribution in [0.15, 0.2) is 36.4 Å². The number of carbonyl (C=O) groups is 4. The van der Waals surface area contributed by atoms with Crippen molar-refractivity contribution in [3.63, 3.8) is 0 Å². The summed E-state index contributed by atoms with van der Waals surface area (Å²) in [6, 6.07) is 8.76. The number of hydrogen-bond donors (Lipinski definition) is 2. The van der Waals surface area contributed by atoms with E-state index in [1.54, 1.807) is 26.8 Å². The largest absolute Gasteiger partial charge is 0.453 e. The number of ketones is 1. The topological polar surface area (TPSA) is 118 Å². The maximum atomic E-state index is 13.5. The number of benzene rings is 1. The van der Waals surface area contributed by atoms with Crippen molar-refractivity contribution in [1.82, 2.24) is 20.7 Å². The number of nitrogens with one attached hydrogen (secondary N) is 2. The summed E-state index contributed by atoms with van der Waals surface area (Å²) in [4.78, 5) is 58.2. The van der Waals surface area contributed by atoms with Crippen LogP contribution < -0.4 is 10.7 Å². The van der Waals surface area contributed by atoms with Gasteiger partial charge in [0.25, 0.3) is 0 Å². The second kappa shape index (κ2) is 11.7. The van der Waals surface area contributed by atoms with Crippen molar-refractivity contribution in [3.8, 4) is 0 Å². The Morgan fingerprint density at radius 2 is 1.76 bits per heavy atom. The van der Waals surface area contributed by atoms with E-state index in [-0.39, 0.29) is 30.1 Å². The highest BCUT2D eigenvalue weighted by atomic mass is 16.5. The standard InChI is InChI=1S/C32H42N4O5/c1-19-17-26(37)27(31(3,4)5)41-30(40)32(6,7)15-14-21-10-11-22-12-13-23(34-25(22)18-21)20(2)33-28(38)24-9-8-16-36(35-24)29(19)39/h10-15,18-20,24,27,35H,8-9,16-17H2,1-7H3,(H,33,38)/b15-14+/t19-,20-,24+,27-/m1/s1. The number of hydrogen-bond acceptors (Lipinski definition) is 7. The molecule has 2 aromatic rings. The van der Waals surface area contributed by atoms with Crippen molar-refractivity contribution >= 4 is 40.5 Å². The number of carbonyl (C=O) groups excluding carboxylic acids is 4. The van der Waals surface area contributed by atoms with E-state index < -0.39 is 34.9 Å². The van der Waals surface area contributed by atoms with Crippen LogP contribution in [0.3, 0.4) is 0 Å². The number of Topliss-reactive ketones (excluding diaryl/α,β-unsaturated/α-hetero) is 1. The van der Waals surface area contributed by atoms with Crippen LogP contribution in [0.25, 0.3) is 17.0 Å². The summed E-state index contributed by atoms with van der Waals surface area (Å²) in [7, 11) is 0. The molecule has 4 rings (SSSR count).